The van der Waals surface area contributed by atoms with Gasteiger partial charge in [-0.2, -0.15) is 0 Å². The van der Waals surface area contributed by atoms with Crippen molar-refractivity contribution in [3.8, 4) is 0 Å². The summed E-state index contributed by atoms with van der Waals surface area (Å²) in [5.41, 5.74) is 3.93. The van der Waals surface area contributed by atoms with Gasteiger partial charge in [0.2, 0.25) is 0 Å². The molecule has 0 amide bonds. The van der Waals surface area contributed by atoms with Gasteiger partial charge in [0, 0.05) is 20.8 Å². The minimum Gasteiger partial charge on any atom is -0.316 e. The van der Waals surface area contributed by atoms with Gasteiger partial charge < -0.3 is 5.32 Å². The van der Waals surface area contributed by atoms with Crippen LogP contribution >= 0.6 is 27.7 Å². The van der Waals surface area contributed by atoms with Gasteiger partial charge >= 0.3 is 0 Å². The number of halogens is 1. The maximum Gasteiger partial charge on any atom is 0.0318 e. The molecule has 3 heteroatoms. The molecule has 0 aliphatic rings. The number of nitrogens with one attached hydrogen (secondary N) is 1. The Morgan fingerprint density at radius 3 is 2.42 bits per heavy atom. The minimum atomic E-state index is 0.896. The standard InChI is InChI=1S/C16H18BrNS/c1-11-4-6-15(12(2)8-11)19-16-7-5-13(10-18-3)9-14(16)17/h4-9,18H,10H2,1-3H3. The van der Waals surface area contributed by atoms with Gasteiger partial charge in [0.25, 0.3) is 0 Å². The van der Waals surface area contributed by atoms with Gasteiger partial charge in [-0.3, -0.25) is 0 Å². The van der Waals surface area contributed by atoms with E-state index in [1.807, 2.05) is 18.8 Å². The Balaban J connectivity index is 2.23. The van der Waals surface area contributed by atoms with E-state index < -0.39 is 0 Å². The molecule has 0 aliphatic heterocycles. The first kappa shape index (κ1) is 14.6. The van der Waals surface area contributed by atoms with E-state index in [1.54, 1.807) is 0 Å². The highest BCUT2D eigenvalue weighted by Crippen LogP contribution is 2.35. The molecule has 0 heterocycles. The highest BCUT2D eigenvalue weighted by atomic mass is 79.9. The van der Waals surface area contributed by atoms with Crippen LogP contribution in [0, 0.1) is 13.8 Å². The number of hydrogen-bond donors (Lipinski definition) is 1. The zero-order valence-electron chi connectivity index (χ0n) is 11.5. The number of rotatable bonds is 4. The summed E-state index contributed by atoms with van der Waals surface area (Å²) >= 11 is 5.47. The summed E-state index contributed by atoms with van der Waals surface area (Å²) in [6.45, 7) is 5.19. The third-order valence-corrected chi connectivity index (χ3v) is 5.10. The van der Waals surface area contributed by atoms with Crippen molar-refractivity contribution in [3.05, 3.63) is 57.6 Å². The van der Waals surface area contributed by atoms with E-state index >= 15 is 0 Å². The fourth-order valence-corrected chi connectivity index (χ4v) is 3.53. The van der Waals surface area contributed by atoms with Gasteiger partial charge in [-0.25, -0.2) is 0 Å². The summed E-state index contributed by atoms with van der Waals surface area (Å²) in [7, 11) is 1.96. The molecule has 100 valence electrons. The van der Waals surface area contributed by atoms with E-state index in [-0.39, 0.29) is 0 Å². The summed E-state index contributed by atoms with van der Waals surface area (Å²) < 4.78 is 1.16. The van der Waals surface area contributed by atoms with Crippen molar-refractivity contribution in [2.75, 3.05) is 7.05 Å². The van der Waals surface area contributed by atoms with E-state index in [2.05, 4.69) is 71.5 Å². The quantitative estimate of drug-likeness (QED) is 0.849. The highest BCUT2D eigenvalue weighted by Gasteiger charge is 2.06. The molecule has 0 saturated carbocycles. The van der Waals surface area contributed by atoms with E-state index in [1.165, 1.54) is 26.5 Å². The molecule has 0 saturated heterocycles. The molecule has 0 aliphatic carbocycles. The molecular formula is C16H18BrNS. The molecule has 0 spiro atoms. The molecule has 0 fully saturated rings. The van der Waals surface area contributed by atoms with Crippen molar-refractivity contribution >= 4 is 27.7 Å². The maximum atomic E-state index is 3.67. The van der Waals surface area contributed by atoms with Crippen molar-refractivity contribution in [1.82, 2.24) is 5.32 Å². The Hall–Kier alpha value is -0.770. The molecule has 2 aromatic carbocycles. The summed E-state index contributed by atoms with van der Waals surface area (Å²) in [4.78, 5) is 2.57. The van der Waals surface area contributed by atoms with Crippen molar-refractivity contribution < 1.29 is 0 Å². The fraction of sp³-hybridized carbons (Fsp3) is 0.250. The van der Waals surface area contributed by atoms with Crippen LogP contribution in [0.25, 0.3) is 0 Å². The monoisotopic (exact) mass is 335 g/mol. The van der Waals surface area contributed by atoms with Crippen molar-refractivity contribution in [3.63, 3.8) is 0 Å². The van der Waals surface area contributed by atoms with Crippen LogP contribution in [0.1, 0.15) is 16.7 Å². The largest absolute Gasteiger partial charge is 0.316 e. The lowest BCUT2D eigenvalue weighted by atomic mass is 10.2. The van der Waals surface area contributed by atoms with Crippen LogP contribution in [0.4, 0.5) is 0 Å². The molecule has 0 atom stereocenters. The topological polar surface area (TPSA) is 12.0 Å². The highest BCUT2D eigenvalue weighted by molar-refractivity contribution is 9.10. The predicted octanol–water partition coefficient (Wildman–Crippen LogP) is 4.94. The van der Waals surface area contributed by atoms with Crippen LogP contribution in [-0.4, -0.2) is 7.05 Å². The Kier molecular flexibility index (Phi) is 5.08. The third kappa shape index (κ3) is 3.85. The Morgan fingerprint density at radius 2 is 1.79 bits per heavy atom. The second-order valence-corrected chi connectivity index (χ2v) is 6.60. The van der Waals surface area contributed by atoms with Crippen LogP contribution in [0.2, 0.25) is 0 Å². The zero-order valence-corrected chi connectivity index (χ0v) is 13.9. The lowest BCUT2D eigenvalue weighted by molar-refractivity contribution is 0.816. The van der Waals surface area contributed by atoms with Crippen LogP contribution in [0.5, 0.6) is 0 Å². The van der Waals surface area contributed by atoms with E-state index in [9.17, 15) is 0 Å². The van der Waals surface area contributed by atoms with E-state index in [0.717, 1.165) is 11.0 Å². The summed E-state index contributed by atoms with van der Waals surface area (Å²) in [6, 6.07) is 13.1. The minimum absolute atomic E-state index is 0.896. The molecule has 0 aromatic heterocycles. The van der Waals surface area contributed by atoms with Crippen LogP contribution in [0.15, 0.2) is 50.7 Å². The lowest BCUT2D eigenvalue weighted by Crippen LogP contribution is -2.04. The summed E-state index contributed by atoms with van der Waals surface area (Å²) in [6.07, 6.45) is 0. The predicted molar refractivity (Wildman–Crippen MR) is 86.9 cm³/mol. The van der Waals surface area contributed by atoms with Gasteiger partial charge in [0.05, 0.1) is 0 Å². The average Bonchev–Trinajstić information content (AvgIpc) is 2.36. The zero-order chi connectivity index (χ0) is 13.8. The number of hydrogen-bond acceptors (Lipinski definition) is 2. The maximum absolute atomic E-state index is 3.67. The number of aryl methyl sites for hydroxylation is 2. The first-order chi connectivity index (χ1) is 9.10. The molecule has 19 heavy (non-hydrogen) atoms. The Morgan fingerprint density at radius 1 is 1.05 bits per heavy atom. The van der Waals surface area contributed by atoms with Crippen molar-refractivity contribution in [1.29, 1.82) is 0 Å². The molecule has 0 radical (unpaired) electrons. The van der Waals surface area contributed by atoms with Crippen molar-refractivity contribution in [2.45, 2.75) is 30.2 Å². The molecule has 1 N–H and O–H groups in total. The molecule has 1 nitrogen and oxygen atoms in total. The molecular weight excluding hydrogens is 318 g/mol. The number of benzene rings is 2. The summed E-state index contributed by atoms with van der Waals surface area (Å²) in [5, 5.41) is 3.17. The van der Waals surface area contributed by atoms with Gasteiger partial charge in [-0.1, -0.05) is 35.5 Å². The molecule has 0 unspecified atom stereocenters. The van der Waals surface area contributed by atoms with Gasteiger partial charge in [0.15, 0.2) is 0 Å². The average molecular weight is 336 g/mol. The van der Waals surface area contributed by atoms with Crippen LogP contribution in [0.3, 0.4) is 0 Å². The van der Waals surface area contributed by atoms with Gasteiger partial charge in [0.1, 0.15) is 0 Å². The van der Waals surface area contributed by atoms with E-state index in [0.29, 0.717) is 0 Å². The first-order valence-corrected chi connectivity index (χ1v) is 7.89. The molecule has 2 aromatic rings. The van der Waals surface area contributed by atoms with E-state index in [4.69, 9.17) is 0 Å². The lowest BCUT2D eigenvalue weighted by Gasteiger charge is -2.09. The second kappa shape index (κ2) is 6.60. The fourth-order valence-electron chi connectivity index (χ4n) is 1.97. The normalized spacial score (nSPS) is 10.7. The van der Waals surface area contributed by atoms with Crippen LogP contribution in [-0.2, 0) is 6.54 Å². The first-order valence-electron chi connectivity index (χ1n) is 6.28. The SMILES string of the molecule is CNCc1ccc(Sc2ccc(C)cc2C)c(Br)c1. The smallest absolute Gasteiger partial charge is 0.0318 e. The Bertz CT molecular complexity index is 581. The van der Waals surface area contributed by atoms with Crippen molar-refractivity contribution in [2.24, 2.45) is 0 Å². The van der Waals surface area contributed by atoms with Gasteiger partial charge in [-0.15, -0.1) is 0 Å². The Labute approximate surface area is 127 Å². The second-order valence-electron chi connectivity index (χ2n) is 4.67. The third-order valence-electron chi connectivity index (χ3n) is 2.93. The molecule has 0 bridgehead atoms. The summed E-state index contributed by atoms with van der Waals surface area (Å²) in [5.74, 6) is 0. The molecule has 2 rings (SSSR count). The van der Waals surface area contributed by atoms with Crippen LogP contribution < -0.4 is 5.32 Å². The van der Waals surface area contributed by atoms with Gasteiger partial charge in [-0.05, 0) is 66.2 Å².